The predicted molar refractivity (Wildman–Crippen MR) is 86.6 cm³/mol. The van der Waals surface area contributed by atoms with Crippen molar-refractivity contribution in [2.24, 2.45) is 5.41 Å². The summed E-state index contributed by atoms with van der Waals surface area (Å²) < 4.78 is 16.2. The van der Waals surface area contributed by atoms with Crippen LogP contribution in [-0.2, 0) is 19.0 Å². The Bertz CT molecular complexity index is 480. The molecule has 1 atom stereocenters. The molecule has 0 N–H and O–H groups in total. The smallest absolute Gasteiger partial charge is 0.410 e. The molecule has 0 aliphatic carbocycles. The fraction of sp³-hybridized carbons (Fsp3) is 0.882. The van der Waals surface area contributed by atoms with E-state index in [0.29, 0.717) is 32.9 Å². The van der Waals surface area contributed by atoms with Crippen LogP contribution >= 0.6 is 0 Å². The number of hydrogen-bond donors (Lipinski definition) is 0. The van der Waals surface area contributed by atoms with Gasteiger partial charge in [-0.2, -0.15) is 0 Å². The molecule has 3 rings (SSSR count). The van der Waals surface area contributed by atoms with Gasteiger partial charge < -0.3 is 24.0 Å². The summed E-state index contributed by atoms with van der Waals surface area (Å²) in [6.07, 6.45) is 1.14. The number of amides is 2. The predicted octanol–water partition coefficient (Wildman–Crippen LogP) is 1.26. The van der Waals surface area contributed by atoms with Gasteiger partial charge in [0.15, 0.2) is 6.10 Å². The van der Waals surface area contributed by atoms with Crippen molar-refractivity contribution in [3.8, 4) is 0 Å². The first-order chi connectivity index (χ1) is 11.3. The van der Waals surface area contributed by atoms with Crippen LogP contribution in [0.4, 0.5) is 4.79 Å². The number of carbonyl (C=O) groups excluding carboxylic acids is 2. The van der Waals surface area contributed by atoms with Crippen molar-refractivity contribution in [1.29, 1.82) is 0 Å². The zero-order chi connectivity index (χ0) is 17.4. The molecule has 136 valence electrons. The fourth-order valence-corrected chi connectivity index (χ4v) is 3.56. The van der Waals surface area contributed by atoms with E-state index >= 15 is 0 Å². The zero-order valence-electron chi connectivity index (χ0n) is 14.9. The molecule has 0 aromatic rings. The minimum absolute atomic E-state index is 0.0369. The lowest BCUT2D eigenvalue weighted by Crippen LogP contribution is -2.64. The van der Waals surface area contributed by atoms with Gasteiger partial charge in [-0.05, 0) is 33.6 Å². The highest BCUT2D eigenvalue weighted by atomic mass is 16.6. The third kappa shape index (κ3) is 3.83. The maximum Gasteiger partial charge on any atom is 0.410 e. The highest BCUT2D eigenvalue weighted by Crippen LogP contribution is 2.41. The summed E-state index contributed by atoms with van der Waals surface area (Å²) in [5, 5.41) is 0. The van der Waals surface area contributed by atoms with Gasteiger partial charge in [0.2, 0.25) is 0 Å². The average Bonchev–Trinajstić information content (AvgIpc) is 2.51. The Hall–Kier alpha value is -1.34. The van der Waals surface area contributed by atoms with Gasteiger partial charge in [0.25, 0.3) is 5.91 Å². The van der Waals surface area contributed by atoms with Crippen LogP contribution in [0.1, 0.15) is 33.6 Å². The number of piperidine rings is 1. The number of carbonyl (C=O) groups is 2. The first kappa shape index (κ1) is 17.5. The normalized spacial score (nSPS) is 26.9. The Morgan fingerprint density at radius 2 is 1.75 bits per heavy atom. The van der Waals surface area contributed by atoms with Gasteiger partial charge in [-0.15, -0.1) is 0 Å². The van der Waals surface area contributed by atoms with Crippen molar-refractivity contribution in [3.05, 3.63) is 0 Å². The van der Waals surface area contributed by atoms with Crippen LogP contribution in [0.5, 0.6) is 0 Å². The molecule has 1 spiro atoms. The number of hydrogen-bond acceptors (Lipinski definition) is 5. The van der Waals surface area contributed by atoms with Crippen LogP contribution in [0.3, 0.4) is 0 Å². The first-order valence-electron chi connectivity index (χ1n) is 8.74. The van der Waals surface area contributed by atoms with Crippen molar-refractivity contribution in [2.75, 3.05) is 46.0 Å². The van der Waals surface area contributed by atoms with Crippen LogP contribution in [0.15, 0.2) is 0 Å². The molecule has 2 amide bonds. The lowest BCUT2D eigenvalue weighted by atomic mass is 9.72. The summed E-state index contributed by atoms with van der Waals surface area (Å²) >= 11 is 0. The summed E-state index contributed by atoms with van der Waals surface area (Å²) in [5.74, 6) is 0.0369. The van der Waals surface area contributed by atoms with E-state index in [-0.39, 0.29) is 17.4 Å². The first-order valence-corrected chi connectivity index (χ1v) is 8.74. The lowest BCUT2D eigenvalue weighted by Gasteiger charge is -2.54. The Morgan fingerprint density at radius 1 is 1.08 bits per heavy atom. The van der Waals surface area contributed by atoms with Crippen molar-refractivity contribution in [3.63, 3.8) is 0 Å². The van der Waals surface area contributed by atoms with E-state index in [4.69, 9.17) is 14.2 Å². The van der Waals surface area contributed by atoms with E-state index in [1.165, 1.54) is 0 Å². The summed E-state index contributed by atoms with van der Waals surface area (Å²) in [4.78, 5) is 28.1. The fourth-order valence-electron chi connectivity index (χ4n) is 3.56. The van der Waals surface area contributed by atoms with Crippen LogP contribution in [0.2, 0.25) is 0 Å². The highest BCUT2D eigenvalue weighted by molar-refractivity contribution is 5.82. The van der Waals surface area contributed by atoms with Gasteiger partial charge >= 0.3 is 6.09 Å². The monoisotopic (exact) mass is 340 g/mol. The maximum absolute atomic E-state index is 12.4. The van der Waals surface area contributed by atoms with Crippen molar-refractivity contribution in [2.45, 2.75) is 45.3 Å². The summed E-state index contributed by atoms with van der Waals surface area (Å²) in [6.45, 7) is 9.94. The molecule has 24 heavy (non-hydrogen) atoms. The second-order valence-electron chi connectivity index (χ2n) is 8.10. The molecule has 3 fully saturated rings. The van der Waals surface area contributed by atoms with Crippen molar-refractivity contribution < 1.29 is 23.8 Å². The molecule has 0 aromatic heterocycles. The molecule has 3 heterocycles. The van der Waals surface area contributed by atoms with Crippen LogP contribution in [0.25, 0.3) is 0 Å². The lowest BCUT2D eigenvalue weighted by molar-refractivity contribution is -0.171. The molecule has 1 unspecified atom stereocenters. The van der Waals surface area contributed by atoms with E-state index < -0.39 is 11.7 Å². The number of rotatable bonds is 1. The molecular formula is C17H28N2O5. The third-order valence-electron chi connectivity index (χ3n) is 4.93. The molecular weight excluding hydrogens is 312 g/mol. The van der Waals surface area contributed by atoms with Crippen LogP contribution < -0.4 is 0 Å². The van der Waals surface area contributed by atoms with Gasteiger partial charge in [-0.3, -0.25) is 4.79 Å². The molecule has 0 aromatic carbocycles. The molecule has 0 saturated carbocycles. The zero-order valence-corrected chi connectivity index (χ0v) is 14.9. The van der Waals surface area contributed by atoms with E-state index in [9.17, 15) is 9.59 Å². The van der Waals surface area contributed by atoms with Gasteiger partial charge in [0.1, 0.15) is 5.60 Å². The Labute approximate surface area is 143 Å². The Balaban J connectivity index is 1.44. The summed E-state index contributed by atoms with van der Waals surface area (Å²) in [6, 6.07) is 0. The van der Waals surface area contributed by atoms with E-state index in [2.05, 4.69) is 0 Å². The van der Waals surface area contributed by atoms with E-state index in [1.54, 1.807) is 4.90 Å². The highest BCUT2D eigenvalue weighted by Gasteiger charge is 2.48. The molecule has 3 saturated heterocycles. The van der Waals surface area contributed by atoms with Crippen LogP contribution in [0, 0.1) is 5.41 Å². The average molecular weight is 340 g/mol. The molecule has 7 heteroatoms. The molecule has 0 radical (unpaired) electrons. The van der Waals surface area contributed by atoms with Gasteiger partial charge in [0.05, 0.1) is 19.8 Å². The van der Waals surface area contributed by atoms with Gasteiger partial charge in [-0.1, -0.05) is 0 Å². The second kappa shape index (κ2) is 6.52. The number of ether oxygens (including phenoxy) is 3. The third-order valence-corrected chi connectivity index (χ3v) is 4.93. The quantitative estimate of drug-likeness (QED) is 0.719. The molecule has 7 nitrogen and oxygen atoms in total. The van der Waals surface area contributed by atoms with Crippen molar-refractivity contribution in [1.82, 2.24) is 9.80 Å². The Morgan fingerprint density at radius 3 is 2.29 bits per heavy atom. The topological polar surface area (TPSA) is 68.3 Å². The number of nitrogens with zero attached hydrogens (tertiary/aromatic N) is 2. The molecule has 3 aliphatic rings. The molecule has 0 bridgehead atoms. The number of likely N-dealkylation sites (tertiary alicyclic amines) is 2. The largest absolute Gasteiger partial charge is 0.444 e. The standard InChI is InChI=1S/C17H28N2O5/c1-16(2,3)24-15(21)18-6-4-17(5-7-18)11-19(12-17)14(20)13-10-22-8-9-23-13/h13H,4-12H2,1-3H3. The maximum atomic E-state index is 12.4. The Kier molecular flexibility index (Phi) is 4.75. The summed E-state index contributed by atoms with van der Waals surface area (Å²) in [5.41, 5.74) is -0.308. The minimum Gasteiger partial charge on any atom is -0.444 e. The van der Waals surface area contributed by atoms with Crippen LogP contribution in [-0.4, -0.2) is 79.5 Å². The van der Waals surface area contributed by atoms with E-state index in [1.807, 2.05) is 25.7 Å². The SMILES string of the molecule is CC(C)(C)OC(=O)N1CCC2(CC1)CN(C(=O)C1COCCO1)C2. The summed E-state index contributed by atoms with van der Waals surface area (Å²) in [7, 11) is 0. The van der Waals surface area contributed by atoms with Gasteiger partial charge in [0, 0.05) is 31.6 Å². The second-order valence-corrected chi connectivity index (χ2v) is 8.10. The van der Waals surface area contributed by atoms with E-state index in [0.717, 1.165) is 25.9 Å². The minimum atomic E-state index is -0.464. The van der Waals surface area contributed by atoms with Gasteiger partial charge in [-0.25, -0.2) is 4.79 Å². The molecule has 3 aliphatic heterocycles. The van der Waals surface area contributed by atoms with Crippen molar-refractivity contribution >= 4 is 12.0 Å².